The van der Waals surface area contributed by atoms with Gasteiger partial charge in [-0.1, -0.05) is 104 Å². The minimum atomic E-state index is -1.86. The first-order chi connectivity index (χ1) is 12.1. The monoisotopic (exact) mass is 372 g/mol. The predicted octanol–water partition coefficient (Wildman–Crippen LogP) is 8.00. The van der Waals surface area contributed by atoms with E-state index in [-0.39, 0.29) is 0 Å². The first kappa shape index (κ1) is 25.1. The summed E-state index contributed by atoms with van der Waals surface area (Å²) in [7, 11) is -1.86. The van der Waals surface area contributed by atoms with Crippen LogP contribution in [0.1, 0.15) is 117 Å². The maximum atomic E-state index is 6.04. The van der Waals surface area contributed by atoms with E-state index in [2.05, 4.69) is 26.9 Å². The number of hydrogen-bond acceptors (Lipinski definition) is 2. The molecule has 0 aromatic carbocycles. The average Bonchev–Trinajstić information content (AvgIpc) is 2.58. The second-order valence-electron chi connectivity index (χ2n) is 8.05. The van der Waals surface area contributed by atoms with Crippen molar-refractivity contribution in [3.8, 4) is 0 Å². The van der Waals surface area contributed by atoms with Gasteiger partial charge in [0.15, 0.2) is 0 Å². The van der Waals surface area contributed by atoms with Crippen LogP contribution in [0.25, 0.3) is 0 Å². The van der Waals surface area contributed by atoms with E-state index in [4.69, 9.17) is 8.85 Å². The highest BCUT2D eigenvalue weighted by molar-refractivity contribution is 6.64. The molecule has 0 unspecified atom stereocenters. The quantitative estimate of drug-likeness (QED) is 0.159. The average molecular weight is 373 g/mol. The molecule has 0 saturated heterocycles. The molecule has 0 aliphatic heterocycles. The summed E-state index contributed by atoms with van der Waals surface area (Å²) in [6.07, 6.45) is 21.8. The van der Waals surface area contributed by atoms with Crippen molar-refractivity contribution in [2.24, 2.45) is 0 Å². The van der Waals surface area contributed by atoms with Gasteiger partial charge in [0.2, 0.25) is 0 Å². The van der Waals surface area contributed by atoms with E-state index >= 15 is 0 Å². The molecule has 0 rings (SSSR count). The van der Waals surface area contributed by atoms with Gasteiger partial charge in [-0.25, -0.2) is 0 Å². The van der Waals surface area contributed by atoms with Gasteiger partial charge >= 0.3 is 8.56 Å². The van der Waals surface area contributed by atoms with Crippen molar-refractivity contribution >= 4 is 8.56 Å². The van der Waals surface area contributed by atoms with Crippen LogP contribution in [0, 0.1) is 0 Å². The number of unbranched alkanes of at least 4 members (excludes halogenated alkanes) is 14. The summed E-state index contributed by atoms with van der Waals surface area (Å²) in [5.74, 6) is 0. The normalized spacial score (nSPS) is 12.0. The highest BCUT2D eigenvalue weighted by atomic mass is 28.4. The smallest absolute Gasteiger partial charge is 0.331 e. The molecule has 25 heavy (non-hydrogen) atoms. The molecule has 0 saturated carbocycles. The predicted molar refractivity (Wildman–Crippen MR) is 115 cm³/mol. The molecule has 0 aliphatic rings. The van der Waals surface area contributed by atoms with Crippen LogP contribution in [0.4, 0.5) is 0 Å². The largest absolute Gasteiger partial charge is 0.395 e. The van der Waals surface area contributed by atoms with Crippen LogP contribution in [0.3, 0.4) is 0 Å². The lowest BCUT2D eigenvalue weighted by Crippen LogP contribution is -2.35. The van der Waals surface area contributed by atoms with Crippen molar-refractivity contribution in [2.45, 2.75) is 130 Å². The first-order valence-corrected chi connectivity index (χ1v) is 14.2. The Hall–Kier alpha value is 0.137. The topological polar surface area (TPSA) is 18.5 Å². The van der Waals surface area contributed by atoms with Gasteiger partial charge < -0.3 is 8.85 Å². The second-order valence-corrected chi connectivity index (χ2v) is 11.4. The molecule has 0 aromatic rings. The molecule has 3 heteroatoms. The zero-order chi connectivity index (χ0) is 18.6. The summed E-state index contributed by atoms with van der Waals surface area (Å²) < 4.78 is 12.0. The summed E-state index contributed by atoms with van der Waals surface area (Å²) in [5, 5.41) is 0. The van der Waals surface area contributed by atoms with Gasteiger partial charge in [-0.15, -0.1) is 0 Å². The van der Waals surface area contributed by atoms with Crippen LogP contribution in [0.5, 0.6) is 0 Å². The Morgan fingerprint density at radius 2 is 0.720 bits per heavy atom. The fourth-order valence-electron chi connectivity index (χ4n) is 3.15. The molecule has 0 radical (unpaired) electrons. The van der Waals surface area contributed by atoms with E-state index in [0.717, 1.165) is 13.2 Å². The lowest BCUT2D eigenvalue weighted by molar-refractivity contribution is 0.173. The third kappa shape index (κ3) is 20.3. The van der Waals surface area contributed by atoms with Crippen LogP contribution in [-0.2, 0) is 8.85 Å². The van der Waals surface area contributed by atoms with Crippen molar-refractivity contribution in [1.29, 1.82) is 0 Å². The van der Waals surface area contributed by atoms with E-state index in [9.17, 15) is 0 Å². The fraction of sp³-hybridized carbons (Fsp3) is 1.00. The zero-order valence-corrected chi connectivity index (χ0v) is 19.0. The van der Waals surface area contributed by atoms with E-state index in [1.807, 2.05) is 0 Å². The Bertz CT molecular complexity index is 256. The number of hydrogen-bond donors (Lipinski definition) is 0. The summed E-state index contributed by atoms with van der Waals surface area (Å²) in [4.78, 5) is 0. The fourth-order valence-corrected chi connectivity index (χ4v) is 4.50. The van der Waals surface area contributed by atoms with Gasteiger partial charge in [-0.05, 0) is 25.9 Å². The second kappa shape index (κ2) is 18.9. The molecule has 0 heterocycles. The SMILES string of the molecule is CCCCCCCCCCCCCCO[Si](C)(C)OCCCCCC. The Morgan fingerprint density at radius 3 is 1.08 bits per heavy atom. The maximum absolute atomic E-state index is 6.04. The van der Waals surface area contributed by atoms with Gasteiger partial charge in [-0.2, -0.15) is 0 Å². The lowest BCUT2D eigenvalue weighted by Gasteiger charge is -2.22. The standard InChI is InChI=1S/C22H48O2Si/c1-5-7-9-11-12-13-14-15-16-17-18-20-22-24-25(3,4)23-21-19-10-8-6-2/h5-22H2,1-4H3. The van der Waals surface area contributed by atoms with E-state index < -0.39 is 8.56 Å². The molecule has 0 atom stereocenters. The molecule has 0 fully saturated rings. The minimum Gasteiger partial charge on any atom is -0.395 e. The summed E-state index contributed by atoms with van der Waals surface area (Å²) >= 11 is 0. The molecule has 0 spiro atoms. The van der Waals surface area contributed by atoms with Gasteiger partial charge in [0, 0.05) is 13.2 Å². The highest BCUT2D eigenvalue weighted by Gasteiger charge is 2.23. The van der Waals surface area contributed by atoms with Gasteiger partial charge in [0.25, 0.3) is 0 Å². The van der Waals surface area contributed by atoms with Crippen molar-refractivity contribution in [2.75, 3.05) is 13.2 Å². The van der Waals surface area contributed by atoms with Gasteiger partial charge in [0.05, 0.1) is 0 Å². The van der Waals surface area contributed by atoms with Crippen molar-refractivity contribution in [1.82, 2.24) is 0 Å². The van der Waals surface area contributed by atoms with Gasteiger partial charge in [-0.3, -0.25) is 0 Å². The number of rotatable bonds is 20. The van der Waals surface area contributed by atoms with Crippen LogP contribution >= 0.6 is 0 Å². The summed E-state index contributed by atoms with van der Waals surface area (Å²) in [6.45, 7) is 10.7. The maximum Gasteiger partial charge on any atom is 0.331 e. The Kier molecular flexibility index (Phi) is 19.0. The van der Waals surface area contributed by atoms with Crippen LogP contribution < -0.4 is 0 Å². The van der Waals surface area contributed by atoms with Crippen LogP contribution in [0.2, 0.25) is 13.1 Å². The Morgan fingerprint density at radius 1 is 0.440 bits per heavy atom. The summed E-state index contributed by atoms with van der Waals surface area (Å²) in [5.41, 5.74) is 0. The van der Waals surface area contributed by atoms with E-state index in [1.54, 1.807) is 0 Å². The summed E-state index contributed by atoms with van der Waals surface area (Å²) in [6, 6.07) is 0. The molecule has 2 nitrogen and oxygen atoms in total. The van der Waals surface area contributed by atoms with Crippen molar-refractivity contribution < 1.29 is 8.85 Å². The minimum absolute atomic E-state index is 0.887. The molecule has 0 aromatic heterocycles. The van der Waals surface area contributed by atoms with Crippen LogP contribution in [-0.4, -0.2) is 21.8 Å². The van der Waals surface area contributed by atoms with Gasteiger partial charge in [0.1, 0.15) is 0 Å². The lowest BCUT2D eigenvalue weighted by atomic mass is 10.1. The molecule has 152 valence electrons. The molecule has 0 N–H and O–H groups in total. The van der Waals surface area contributed by atoms with E-state index in [1.165, 1.54) is 103 Å². The highest BCUT2D eigenvalue weighted by Crippen LogP contribution is 2.13. The molecule has 0 aliphatic carbocycles. The van der Waals surface area contributed by atoms with Crippen LogP contribution in [0.15, 0.2) is 0 Å². The first-order valence-electron chi connectivity index (χ1n) is 11.4. The molecule has 0 amide bonds. The Labute approximate surface area is 160 Å². The van der Waals surface area contributed by atoms with Crippen molar-refractivity contribution in [3.63, 3.8) is 0 Å². The third-order valence-corrected chi connectivity index (χ3v) is 6.69. The Balaban J connectivity index is 3.25. The molecule has 0 bridgehead atoms. The third-order valence-electron chi connectivity index (χ3n) is 4.90. The van der Waals surface area contributed by atoms with E-state index in [0.29, 0.717) is 0 Å². The zero-order valence-electron chi connectivity index (χ0n) is 18.0. The molecular weight excluding hydrogens is 324 g/mol. The molecular formula is C22H48O2Si. The van der Waals surface area contributed by atoms with Crippen molar-refractivity contribution in [3.05, 3.63) is 0 Å².